The minimum atomic E-state index is -3.36. The number of nitrogens with zero attached hydrogens (tertiary/aromatic N) is 1. The molecule has 0 spiro atoms. The number of sulfonamides is 1. The van der Waals surface area contributed by atoms with Gasteiger partial charge < -0.3 is 10.2 Å². The van der Waals surface area contributed by atoms with Gasteiger partial charge in [-0.2, -0.15) is 0 Å². The third-order valence-corrected chi connectivity index (χ3v) is 4.13. The Kier molecular flexibility index (Phi) is 4.53. The molecule has 6 nitrogen and oxygen atoms in total. The molecule has 0 radical (unpaired) electrons. The van der Waals surface area contributed by atoms with Gasteiger partial charge in [-0.1, -0.05) is 6.07 Å². The van der Waals surface area contributed by atoms with Crippen LogP contribution in [0.25, 0.3) is 0 Å². The summed E-state index contributed by atoms with van der Waals surface area (Å²) in [5.41, 5.74) is 1.73. The fourth-order valence-electron chi connectivity index (χ4n) is 2.37. The van der Waals surface area contributed by atoms with Crippen molar-refractivity contribution in [3.63, 3.8) is 0 Å². The molecule has 2 rings (SSSR count). The summed E-state index contributed by atoms with van der Waals surface area (Å²) in [5, 5.41) is 3.24. The third-order valence-electron chi connectivity index (χ3n) is 3.54. The van der Waals surface area contributed by atoms with Crippen molar-refractivity contribution in [1.82, 2.24) is 10.2 Å². The summed E-state index contributed by atoms with van der Waals surface area (Å²) in [6.07, 6.45) is 1.10. The Morgan fingerprint density at radius 3 is 2.76 bits per heavy atom. The number of benzene rings is 1. The summed E-state index contributed by atoms with van der Waals surface area (Å²) in [5.74, 6) is -0.0689. The maximum absolute atomic E-state index is 12.6. The van der Waals surface area contributed by atoms with Gasteiger partial charge in [-0.15, -0.1) is 0 Å². The van der Waals surface area contributed by atoms with E-state index in [2.05, 4.69) is 10.0 Å². The van der Waals surface area contributed by atoms with E-state index in [0.717, 1.165) is 24.9 Å². The van der Waals surface area contributed by atoms with E-state index in [1.54, 1.807) is 25.1 Å². The van der Waals surface area contributed by atoms with Crippen LogP contribution in [0.1, 0.15) is 22.8 Å². The van der Waals surface area contributed by atoms with Crippen molar-refractivity contribution >= 4 is 21.6 Å². The number of amides is 1. The summed E-state index contributed by atoms with van der Waals surface area (Å²) in [6, 6.07) is 5.22. The van der Waals surface area contributed by atoms with Gasteiger partial charge in [0.1, 0.15) is 0 Å². The zero-order chi connectivity index (χ0) is 15.6. The molecule has 2 N–H and O–H groups in total. The number of carbonyl (C=O) groups excluding carboxylic acids is 1. The van der Waals surface area contributed by atoms with E-state index in [0.29, 0.717) is 17.8 Å². The first-order valence-electron chi connectivity index (χ1n) is 6.88. The number of piperazine rings is 1. The second-order valence-electron chi connectivity index (χ2n) is 5.46. The summed E-state index contributed by atoms with van der Waals surface area (Å²) < 4.78 is 25.2. The molecule has 0 saturated carbocycles. The smallest absolute Gasteiger partial charge is 0.254 e. The number of hydrogen-bond acceptors (Lipinski definition) is 4. The lowest BCUT2D eigenvalue weighted by Gasteiger charge is -2.34. The fourth-order valence-corrected chi connectivity index (χ4v) is 2.99. The highest BCUT2D eigenvalue weighted by atomic mass is 32.2. The van der Waals surface area contributed by atoms with E-state index < -0.39 is 10.0 Å². The highest BCUT2D eigenvalue weighted by molar-refractivity contribution is 7.92. The molecule has 1 fully saturated rings. The van der Waals surface area contributed by atoms with E-state index in [-0.39, 0.29) is 11.9 Å². The number of rotatable bonds is 3. The highest BCUT2D eigenvalue weighted by Crippen LogP contribution is 2.20. The lowest BCUT2D eigenvalue weighted by atomic mass is 10.1. The standard InChI is InChI=1S/C14H21N3O3S/c1-10-4-5-12(8-13(10)16-21(3,19)20)14(18)17-7-6-15-9-11(17)2/h4-5,8,11,15-16H,6-7,9H2,1-3H3. The largest absolute Gasteiger partial charge is 0.333 e. The van der Waals surface area contributed by atoms with Gasteiger partial charge >= 0.3 is 0 Å². The van der Waals surface area contributed by atoms with E-state index >= 15 is 0 Å². The van der Waals surface area contributed by atoms with Crippen molar-refractivity contribution in [2.45, 2.75) is 19.9 Å². The minimum absolute atomic E-state index is 0.0689. The summed E-state index contributed by atoms with van der Waals surface area (Å²) >= 11 is 0. The molecule has 1 heterocycles. The van der Waals surface area contributed by atoms with Gasteiger partial charge in [0.25, 0.3) is 5.91 Å². The molecule has 1 aromatic rings. The third kappa shape index (κ3) is 3.95. The summed E-state index contributed by atoms with van der Waals surface area (Å²) in [7, 11) is -3.36. The Bertz CT molecular complexity index is 643. The average molecular weight is 311 g/mol. The first-order chi connectivity index (χ1) is 9.78. The number of anilines is 1. The van der Waals surface area contributed by atoms with Crippen molar-refractivity contribution in [2.75, 3.05) is 30.6 Å². The Hall–Kier alpha value is -1.60. The first kappa shape index (κ1) is 15.8. The number of carbonyl (C=O) groups is 1. The molecule has 0 aromatic heterocycles. The van der Waals surface area contributed by atoms with Gasteiger partial charge in [-0.05, 0) is 31.5 Å². The Morgan fingerprint density at radius 2 is 2.14 bits per heavy atom. The van der Waals surface area contributed by atoms with Crippen LogP contribution < -0.4 is 10.0 Å². The van der Waals surface area contributed by atoms with E-state index in [4.69, 9.17) is 0 Å². The van der Waals surface area contributed by atoms with Crippen LogP contribution in [0, 0.1) is 6.92 Å². The van der Waals surface area contributed by atoms with Crippen LogP contribution in [0.5, 0.6) is 0 Å². The van der Waals surface area contributed by atoms with E-state index in [1.165, 1.54) is 0 Å². The van der Waals surface area contributed by atoms with Crippen LogP contribution >= 0.6 is 0 Å². The van der Waals surface area contributed by atoms with Gasteiger partial charge in [0.05, 0.1) is 11.9 Å². The summed E-state index contributed by atoms with van der Waals surface area (Å²) in [6.45, 7) is 5.99. The van der Waals surface area contributed by atoms with Gasteiger partial charge in [0, 0.05) is 31.2 Å². The molecule has 1 saturated heterocycles. The molecule has 1 amide bonds. The molecule has 116 valence electrons. The molecule has 0 bridgehead atoms. The van der Waals surface area contributed by atoms with Crippen molar-refractivity contribution in [1.29, 1.82) is 0 Å². The van der Waals surface area contributed by atoms with Gasteiger partial charge in [-0.3, -0.25) is 9.52 Å². The molecule has 1 aliphatic rings. The topological polar surface area (TPSA) is 78.5 Å². The van der Waals surface area contributed by atoms with Crippen LogP contribution in [-0.4, -0.2) is 51.2 Å². The summed E-state index contributed by atoms with van der Waals surface area (Å²) in [4.78, 5) is 14.4. The van der Waals surface area contributed by atoms with Crippen molar-refractivity contribution in [3.8, 4) is 0 Å². The van der Waals surface area contributed by atoms with Gasteiger partial charge in [0.15, 0.2) is 0 Å². The zero-order valence-electron chi connectivity index (χ0n) is 12.5. The number of nitrogens with one attached hydrogen (secondary N) is 2. The zero-order valence-corrected chi connectivity index (χ0v) is 13.3. The molecule has 1 aliphatic heterocycles. The minimum Gasteiger partial charge on any atom is -0.333 e. The molecule has 21 heavy (non-hydrogen) atoms. The van der Waals surface area contributed by atoms with E-state index in [1.807, 2.05) is 11.8 Å². The normalized spacial score (nSPS) is 19.4. The molecular formula is C14H21N3O3S. The quantitative estimate of drug-likeness (QED) is 0.865. The lowest BCUT2D eigenvalue weighted by Crippen LogP contribution is -2.52. The Balaban J connectivity index is 2.27. The Labute approximate surface area is 125 Å². The number of hydrogen-bond donors (Lipinski definition) is 2. The molecule has 1 aromatic carbocycles. The highest BCUT2D eigenvalue weighted by Gasteiger charge is 2.24. The second kappa shape index (κ2) is 6.03. The SMILES string of the molecule is Cc1ccc(C(=O)N2CCNCC2C)cc1NS(C)(=O)=O. The van der Waals surface area contributed by atoms with Crippen LogP contribution in [0.15, 0.2) is 18.2 Å². The van der Waals surface area contributed by atoms with Crippen molar-refractivity contribution < 1.29 is 13.2 Å². The van der Waals surface area contributed by atoms with Crippen LogP contribution in [0.2, 0.25) is 0 Å². The van der Waals surface area contributed by atoms with Gasteiger partial charge in [0.2, 0.25) is 10.0 Å². The van der Waals surface area contributed by atoms with Crippen molar-refractivity contribution in [2.24, 2.45) is 0 Å². The Morgan fingerprint density at radius 1 is 1.43 bits per heavy atom. The van der Waals surface area contributed by atoms with Crippen LogP contribution in [-0.2, 0) is 10.0 Å². The first-order valence-corrected chi connectivity index (χ1v) is 8.77. The van der Waals surface area contributed by atoms with Crippen LogP contribution in [0.3, 0.4) is 0 Å². The average Bonchev–Trinajstić information content (AvgIpc) is 2.39. The molecule has 1 unspecified atom stereocenters. The van der Waals surface area contributed by atoms with Crippen molar-refractivity contribution in [3.05, 3.63) is 29.3 Å². The second-order valence-corrected chi connectivity index (χ2v) is 7.20. The predicted octanol–water partition coefficient (Wildman–Crippen LogP) is 0.800. The predicted molar refractivity (Wildman–Crippen MR) is 83.0 cm³/mol. The van der Waals surface area contributed by atoms with Crippen LogP contribution in [0.4, 0.5) is 5.69 Å². The maximum atomic E-state index is 12.6. The maximum Gasteiger partial charge on any atom is 0.254 e. The van der Waals surface area contributed by atoms with E-state index in [9.17, 15) is 13.2 Å². The fraction of sp³-hybridized carbons (Fsp3) is 0.500. The molecule has 0 aliphatic carbocycles. The molecule has 1 atom stereocenters. The molecular weight excluding hydrogens is 290 g/mol. The monoisotopic (exact) mass is 311 g/mol. The molecule has 7 heteroatoms. The van der Waals surface area contributed by atoms with Gasteiger partial charge in [-0.25, -0.2) is 8.42 Å². The lowest BCUT2D eigenvalue weighted by molar-refractivity contribution is 0.0656. The number of aryl methyl sites for hydroxylation is 1.